The minimum Gasteiger partial charge on any atom is -0.481 e. The first-order valence-corrected chi connectivity index (χ1v) is 8.83. The molecule has 1 fully saturated rings. The average Bonchev–Trinajstić information content (AvgIpc) is 2.56. The lowest BCUT2D eigenvalue weighted by atomic mass is 9.80. The summed E-state index contributed by atoms with van der Waals surface area (Å²) in [6.07, 6.45) is -2.47. The molecule has 1 amide bonds. The normalized spacial score (nSPS) is 21.8. The van der Waals surface area contributed by atoms with Gasteiger partial charge in [-0.2, -0.15) is 13.2 Å². The Morgan fingerprint density at radius 2 is 1.73 bits per heavy atom. The highest BCUT2D eigenvalue weighted by molar-refractivity contribution is 5.90. The smallest absolute Gasteiger partial charge is 0.391 e. The number of carbonyl (C=O) groups is 2. The second-order valence-electron chi connectivity index (χ2n) is 7.15. The van der Waals surface area contributed by atoms with Crippen LogP contribution in [0.15, 0.2) is 24.3 Å². The van der Waals surface area contributed by atoms with Gasteiger partial charge in [0.05, 0.1) is 11.8 Å². The van der Waals surface area contributed by atoms with Crippen LogP contribution in [0.25, 0.3) is 0 Å². The minimum absolute atomic E-state index is 0.00992. The Balaban J connectivity index is 1.79. The summed E-state index contributed by atoms with van der Waals surface area (Å²) in [4.78, 5) is 23.0. The van der Waals surface area contributed by atoms with Gasteiger partial charge in [-0.3, -0.25) is 9.59 Å². The second-order valence-corrected chi connectivity index (χ2v) is 7.15. The number of rotatable bonds is 6. The summed E-state index contributed by atoms with van der Waals surface area (Å²) < 4.78 is 38.0. The molecule has 1 aliphatic rings. The molecule has 1 aromatic rings. The Morgan fingerprint density at radius 3 is 2.23 bits per heavy atom. The predicted octanol–water partition coefficient (Wildman–Crippen LogP) is 4.65. The third-order valence-corrected chi connectivity index (χ3v) is 4.98. The van der Waals surface area contributed by atoms with Crippen molar-refractivity contribution in [1.29, 1.82) is 0 Å². The van der Waals surface area contributed by atoms with E-state index in [1.807, 2.05) is 0 Å². The molecule has 1 aromatic carbocycles. The van der Waals surface area contributed by atoms with E-state index in [2.05, 4.69) is 5.32 Å². The zero-order chi connectivity index (χ0) is 19.3. The fraction of sp³-hybridized carbons (Fsp3) is 0.579. The van der Waals surface area contributed by atoms with E-state index in [1.54, 1.807) is 31.2 Å². The molecule has 1 unspecified atom stereocenters. The standard InChI is InChI=1S/C19H24F3NO3/c1-12(18(25)26)10-13-4-8-16(9-5-13)23-17(24)11-14-2-6-15(7-3-14)19(20,21)22/h4-5,8-9,12,14-15H,2-3,6-7,10-11H2,1H3,(H,23,24)(H,25,26). The van der Waals surface area contributed by atoms with Crippen LogP contribution in [-0.4, -0.2) is 23.2 Å². The maximum atomic E-state index is 12.7. The Hall–Kier alpha value is -2.05. The van der Waals surface area contributed by atoms with Crippen molar-refractivity contribution in [1.82, 2.24) is 0 Å². The van der Waals surface area contributed by atoms with Gasteiger partial charge in [-0.25, -0.2) is 0 Å². The molecule has 1 saturated carbocycles. The number of anilines is 1. The Bertz CT molecular complexity index is 620. The number of hydrogen-bond acceptors (Lipinski definition) is 2. The van der Waals surface area contributed by atoms with E-state index in [0.717, 1.165) is 5.56 Å². The van der Waals surface area contributed by atoms with Crippen LogP contribution in [0, 0.1) is 17.8 Å². The molecule has 0 heterocycles. The van der Waals surface area contributed by atoms with Crippen LogP contribution < -0.4 is 5.32 Å². The van der Waals surface area contributed by atoms with Crippen LogP contribution in [0.4, 0.5) is 18.9 Å². The molecule has 0 spiro atoms. The molecule has 0 bridgehead atoms. The van der Waals surface area contributed by atoms with Crippen LogP contribution in [0.2, 0.25) is 0 Å². The molecule has 2 N–H and O–H groups in total. The van der Waals surface area contributed by atoms with Crippen LogP contribution in [0.3, 0.4) is 0 Å². The van der Waals surface area contributed by atoms with Gasteiger partial charge in [0.1, 0.15) is 0 Å². The molecule has 7 heteroatoms. The van der Waals surface area contributed by atoms with E-state index >= 15 is 0 Å². The summed E-state index contributed by atoms with van der Waals surface area (Å²) in [5.74, 6) is -2.79. The number of carbonyl (C=O) groups excluding carboxylic acids is 1. The van der Waals surface area contributed by atoms with Gasteiger partial charge < -0.3 is 10.4 Å². The maximum absolute atomic E-state index is 12.7. The van der Waals surface area contributed by atoms with Crippen molar-refractivity contribution in [2.75, 3.05) is 5.32 Å². The summed E-state index contributed by atoms with van der Waals surface area (Å²) in [5, 5.41) is 11.7. The van der Waals surface area contributed by atoms with E-state index in [0.29, 0.717) is 24.9 Å². The number of carboxylic acids is 1. The van der Waals surface area contributed by atoms with Gasteiger partial charge in [-0.05, 0) is 55.7 Å². The Kier molecular flexibility index (Phi) is 6.67. The maximum Gasteiger partial charge on any atom is 0.391 e. The van der Waals surface area contributed by atoms with Crippen molar-refractivity contribution in [3.8, 4) is 0 Å². The van der Waals surface area contributed by atoms with Gasteiger partial charge >= 0.3 is 12.1 Å². The van der Waals surface area contributed by atoms with Gasteiger partial charge in [-0.1, -0.05) is 19.1 Å². The molecular formula is C19H24F3NO3. The van der Waals surface area contributed by atoms with Crippen LogP contribution in [0.1, 0.15) is 44.6 Å². The molecule has 0 radical (unpaired) electrons. The molecular weight excluding hydrogens is 347 g/mol. The number of nitrogens with one attached hydrogen (secondary N) is 1. The molecule has 1 atom stereocenters. The summed E-state index contributed by atoms with van der Waals surface area (Å²) in [6.45, 7) is 1.63. The van der Waals surface area contributed by atoms with Gasteiger partial charge in [0.25, 0.3) is 0 Å². The highest BCUT2D eigenvalue weighted by Gasteiger charge is 2.41. The lowest BCUT2D eigenvalue weighted by Gasteiger charge is -2.29. The molecule has 26 heavy (non-hydrogen) atoms. The van der Waals surface area contributed by atoms with E-state index in [9.17, 15) is 22.8 Å². The molecule has 0 saturated heterocycles. The quantitative estimate of drug-likeness (QED) is 0.765. The summed E-state index contributed by atoms with van der Waals surface area (Å²) in [6, 6.07) is 6.96. The van der Waals surface area contributed by atoms with Gasteiger partial charge in [0.15, 0.2) is 0 Å². The molecule has 0 aliphatic heterocycles. The Morgan fingerprint density at radius 1 is 1.15 bits per heavy atom. The molecule has 1 aliphatic carbocycles. The van der Waals surface area contributed by atoms with Crippen LogP contribution >= 0.6 is 0 Å². The number of alkyl halides is 3. The van der Waals surface area contributed by atoms with Gasteiger partial charge in [0.2, 0.25) is 5.91 Å². The topological polar surface area (TPSA) is 66.4 Å². The summed E-state index contributed by atoms with van der Waals surface area (Å²) >= 11 is 0. The van der Waals surface area contributed by atoms with Crippen molar-refractivity contribution in [3.05, 3.63) is 29.8 Å². The zero-order valence-corrected chi connectivity index (χ0v) is 14.7. The summed E-state index contributed by atoms with van der Waals surface area (Å²) in [7, 11) is 0. The van der Waals surface area contributed by atoms with Crippen molar-refractivity contribution in [3.63, 3.8) is 0 Å². The number of carboxylic acid groups (broad SMARTS) is 1. The predicted molar refractivity (Wildman–Crippen MR) is 91.7 cm³/mol. The van der Waals surface area contributed by atoms with Crippen molar-refractivity contribution in [2.24, 2.45) is 17.8 Å². The number of hydrogen-bond donors (Lipinski definition) is 2. The highest BCUT2D eigenvalue weighted by atomic mass is 19.4. The third kappa shape index (κ3) is 6.04. The SMILES string of the molecule is CC(Cc1ccc(NC(=O)CC2CCC(C(F)(F)F)CC2)cc1)C(=O)O. The van der Waals surface area contributed by atoms with Crippen LogP contribution in [0.5, 0.6) is 0 Å². The van der Waals surface area contributed by atoms with E-state index < -0.39 is 24.0 Å². The zero-order valence-electron chi connectivity index (χ0n) is 14.7. The lowest BCUT2D eigenvalue weighted by Crippen LogP contribution is -2.29. The monoisotopic (exact) mass is 371 g/mol. The van der Waals surface area contributed by atoms with Gasteiger partial charge in [0, 0.05) is 12.1 Å². The highest BCUT2D eigenvalue weighted by Crippen LogP contribution is 2.40. The van der Waals surface area contributed by atoms with E-state index in [4.69, 9.17) is 5.11 Å². The molecule has 4 nitrogen and oxygen atoms in total. The van der Waals surface area contributed by atoms with E-state index in [-0.39, 0.29) is 31.1 Å². The van der Waals surface area contributed by atoms with Gasteiger partial charge in [-0.15, -0.1) is 0 Å². The van der Waals surface area contributed by atoms with Crippen molar-refractivity contribution < 1.29 is 27.9 Å². The first kappa shape index (κ1) is 20.3. The average molecular weight is 371 g/mol. The first-order chi connectivity index (χ1) is 12.1. The van der Waals surface area contributed by atoms with Crippen LogP contribution in [-0.2, 0) is 16.0 Å². The minimum atomic E-state index is -4.13. The third-order valence-electron chi connectivity index (χ3n) is 4.98. The lowest BCUT2D eigenvalue weighted by molar-refractivity contribution is -0.184. The molecule has 0 aromatic heterocycles. The fourth-order valence-electron chi connectivity index (χ4n) is 3.33. The second kappa shape index (κ2) is 8.56. The number of amides is 1. The van der Waals surface area contributed by atoms with E-state index in [1.165, 1.54) is 0 Å². The largest absolute Gasteiger partial charge is 0.481 e. The van der Waals surface area contributed by atoms with Crippen molar-refractivity contribution >= 4 is 17.6 Å². The molecule has 144 valence electrons. The fourth-order valence-corrected chi connectivity index (χ4v) is 3.33. The number of aliphatic carboxylic acids is 1. The Labute approximate surface area is 150 Å². The molecule has 2 rings (SSSR count). The number of benzene rings is 1. The first-order valence-electron chi connectivity index (χ1n) is 8.83. The van der Waals surface area contributed by atoms with Crippen molar-refractivity contribution in [2.45, 2.75) is 51.6 Å². The number of halogens is 3. The summed E-state index contributed by atoms with van der Waals surface area (Å²) in [5.41, 5.74) is 1.47.